The van der Waals surface area contributed by atoms with E-state index in [9.17, 15) is 5.11 Å². The van der Waals surface area contributed by atoms with Crippen molar-refractivity contribution in [2.75, 3.05) is 5.75 Å². The topological polar surface area (TPSA) is 20.2 Å². The number of hydrogen-bond donors (Lipinski definition) is 2. The highest BCUT2D eigenvalue weighted by Crippen LogP contribution is 2.29. The largest absolute Gasteiger partial charge is 0.507 e. The van der Waals surface area contributed by atoms with Crippen LogP contribution in [-0.2, 0) is 0 Å². The standard InChI is InChI=1S/C13H12OS/c14-13-11(5-3-9-15)8-7-10-4-1-2-6-12(10)13/h1-8,14-15H,9H2. The second kappa shape index (κ2) is 4.41. The van der Waals surface area contributed by atoms with E-state index >= 15 is 0 Å². The van der Waals surface area contributed by atoms with Crippen LogP contribution in [0.15, 0.2) is 42.5 Å². The smallest absolute Gasteiger partial charge is 0.130 e. The van der Waals surface area contributed by atoms with Crippen molar-refractivity contribution in [3.63, 3.8) is 0 Å². The number of hydrogen-bond acceptors (Lipinski definition) is 2. The number of thiol groups is 1. The highest BCUT2D eigenvalue weighted by Gasteiger charge is 2.02. The maximum Gasteiger partial charge on any atom is 0.130 e. The molecule has 1 N–H and O–H groups in total. The van der Waals surface area contributed by atoms with Crippen molar-refractivity contribution in [3.8, 4) is 5.75 Å². The van der Waals surface area contributed by atoms with Gasteiger partial charge in [0, 0.05) is 16.7 Å². The zero-order valence-electron chi connectivity index (χ0n) is 8.22. The van der Waals surface area contributed by atoms with Crippen LogP contribution in [-0.4, -0.2) is 10.9 Å². The van der Waals surface area contributed by atoms with E-state index in [1.54, 1.807) is 0 Å². The van der Waals surface area contributed by atoms with E-state index in [0.717, 1.165) is 16.3 Å². The molecule has 0 bridgehead atoms. The Kier molecular flexibility index (Phi) is 2.97. The predicted octanol–water partition coefficient (Wildman–Crippen LogP) is 3.49. The lowest BCUT2D eigenvalue weighted by Gasteiger charge is -2.03. The summed E-state index contributed by atoms with van der Waals surface area (Å²) >= 11 is 4.09. The van der Waals surface area contributed by atoms with E-state index in [-0.39, 0.29) is 0 Å². The number of fused-ring (bicyclic) bond motifs is 1. The van der Waals surface area contributed by atoms with Crippen LogP contribution in [0.3, 0.4) is 0 Å². The molecule has 0 aliphatic rings. The van der Waals surface area contributed by atoms with Gasteiger partial charge in [0.05, 0.1) is 0 Å². The van der Waals surface area contributed by atoms with Gasteiger partial charge in [-0.2, -0.15) is 12.6 Å². The molecule has 0 saturated heterocycles. The third kappa shape index (κ3) is 2.00. The highest BCUT2D eigenvalue weighted by atomic mass is 32.1. The molecule has 0 spiro atoms. The first-order valence-electron chi connectivity index (χ1n) is 4.81. The minimum atomic E-state index is 0.339. The lowest BCUT2D eigenvalue weighted by Crippen LogP contribution is -1.78. The highest BCUT2D eigenvalue weighted by molar-refractivity contribution is 7.80. The average molecular weight is 216 g/mol. The van der Waals surface area contributed by atoms with Gasteiger partial charge in [0.25, 0.3) is 0 Å². The molecule has 0 unspecified atom stereocenters. The van der Waals surface area contributed by atoms with Crippen molar-refractivity contribution in [1.29, 1.82) is 0 Å². The molecular formula is C13H12OS. The molecule has 2 aromatic carbocycles. The Morgan fingerprint density at radius 2 is 1.93 bits per heavy atom. The molecule has 0 aromatic heterocycles. The van der Waals surface area contributed by atoms with E-state index in [2.05, 4.69) is 12.6 Å². The van der Waals surface area contributed by atoms with Crippen molar-refractivity contribution >= 4 is 29.5 Å². The summed E-state index contributed by atoms with van der Waals surface area (Å²) in [6, 6.07) is 11.7. The number of phenolic OH excluding ortho intramolecular Hbond substituents is 1. The summed E-state index contributed by atoms with van der Waals surface area (Å²) in [6.07, 6.45) is 3.79. The SMILES string of the molecule is Oc1c(C=CCS)ccc2ccccc12. The fourth-order valence-electron chi connectivity index (χ4n) is 1.59. The summed E-state index contributed by atoms with van der Waals surface area (Å²) in [5.41, 5.74) is 0.836. The van der Waals surface area contributed by atoms with Gasteiger partial charge in [-0.05, 0) is 5.39 Å². The maximum atomic E-state index is 10.00. The van der Waals surface area contributed by atoms with Crippen LogP contribution in [0, 0.1) is 0 Å². The third-order valence-electron chi connectivity index (χ3n) is 2.33. The summed E-state index contributed by atoms with van der Waals surface area (Å²) in [4.78, 5) is 0. The second-order valence-electron chi connectivity index (χ2n) is 3.31. The fraction of sp³-hybridized carbons (Fsp3) is 0.0769. The van der Waals surface area contributed by atoms with E-state index in [4.69, 9.17) is 0 Å². The van der Waals surface area contributed by atoms with Gasteiger partial charge in [-0.1, -0.05) is 48.6 Å². The average Bonchev–Trinajstić information content (AvgIpc) is 2.29. The van der Waals surface area contributed by atoms with Gasteiger partial charge in [0.15, 0.2) is 0 Å². The molecule has 0 atom stereocenters. The normalized spacial score (nSPS) is 11.3. The van der Waals surface area contributed by atoms with Crippen molar-refractivity contribution < 1.29 is 5.11 Å². The van der Waals surface area contributed by atoms with Gasteiger partial charge < -0.3 is 5.11 Å². The van der Waals surface area contributed by atoms with E-state index in [1.807, 2.05) is 48.6 Å². The predicted molar refractivity (Wildman–Crippen MR) is 68.5 cm³/mol. The Balaban J connectivity index is 2.60. The van der Waals surface area contributed by atoms with E-state index < -0.39 is 0 Å². The van der Waals surface area contributed by atoms with Crippen molar-refractivity contribution in [2.45, 2.75) is 0 Å². The summed E-state index contributed by atoms with van der Waals surface area (Å²) < 4.78 is 0. The molecule has 0 saturated carbocycles. The van der Waals surface area contributed by atoms with Crippen LogP contribution in [0.5, 0.6) is 5.75 Å². The van der Waals surface area contributed by atoms with Crippen LogP contribution < -0.4 is 0 Å². The van der Waals surface area contributed by atoms with Gasteiger partial charge in [-0.25, -0.2) is 0 Å². The summed E-state index contributed by atoms with van der Waals surface area (Å²) in [7, 11) is 0. The third-order valence-corrected chi connectivity index (χ3v) is 2.55. The number of rotatable bonds is 2. The Morgan fingerprint density at radius 1 is 1.13 bits per heavy atom. The van der Waals surface area contributed by atoms with Gasteiger partial charge >= 0.3 is 0 Å². The molecule has 0 radical (unpaired) electrons. The van der Waals surface area contributed by atoms with E-state index in [1.165, 1.54) is 0 Å². The molecular weight excluding hydrogens is 204 g/mol. The first-order chi connectivity index (χ1) is 7.33. The molecule has 0 amide bonds. The van der Waals surface area contributed by atoms with Crippen LogP contribution in [0.1, 0.15) is 5.56 Å². The quantitative estimate of drug-likeness (QED) is 0.736. The number of aromatic hydroxyl groups is 1. The van der Waals surface area contributed by atoms with Crippen molar-refractivity contribution in [3.05, 3.63) is 48.0 Å². The summed E-state index contributed by atoms with van der Waals surface area (Å²) in [5.74, 6) is 1.01. The van der Waals surface area contributed by atoms with Gasteiger partial charge in [-0.3, -0.25) is 0 Å². The molecule has 76 valence electrons. The van der Waals surface area contributed by atoms with Crippen LogP contribution in [0.25, 0.3) is 16.8 Å². The van der Waals surface area contributed by atoms with Crippen molar-refractivity contribution in [2.24, 2.45) is 0 Å². The molecule has 0 aliphatic carbocycles. The van der Waals surface area contributed by atoms with Gasteiger partial charge in [0.1, 0.15) is 5.75 Å². The van der Waals surface area contributed by atoms with Gasteiger partial charge in [-0.15, -0.1) is 0 Å². The van der Waals surface area contributed by atoms with Crippen LogP contribution in [0.2, 0.25) is 0 Å². The molecule has 1 nitrogen and oxygen atoms in total. The fourth-order valence-corrected chi connectivity index (χ4v) is 1.69. The van der Waals surface area contributed by atoms with Crippen LogP contribution in [0.4, 0.5) is 0 Å². The minimum Gasteiger partial charge on any atom is -0.507 e. The molecule has 2 aromatic rings. The molecule has 0 aliphatic heterocycles. The van der Waals surface area contributed by atoms with Crippen molar-refractivity contribution in [1.82, 2.24) is 0 Å². The monoisotopic (exact) mass is 216 g/mol. The zero-order valence-corrected chi connectivity index (χ0v) is 9.11. The number of benzene rings is 2. The lowest BCUT2D eigenvalue weighted by atomic mass is 10.1. The molecule has 0 fully saturated rings. The Labute approximate surface area is 94.5 Å². The lowest BCUT2D eigenvalue weighted by molar-refractivity contribution is 0.480. The molecule has 15 heavy (non-hydrogen) atoms. The first kappa shape index (κ1) is 10.1. The Bertz CT molecular complexity index is 503. The second-order valence-corrected chi connectivity index (χ2v) is 3.67. The minimum absolute atomic E-state index is 0.339. The summed E-state index contributed by atoms with van der Waals surface area (Å²) in [6.45, 7) is 0. The number of phenols is 1. The first-order valence-corrected chi connectivity index (χ1v) is 5.44. The summed E-state index contributed by atoms with van der Waals surface area (Å²) in [5, 5.41) is 11.9. The Hall–Kier alpha value is -1.41. The van der Waals surface area contributed by atoms with Gasteiger partial charge in [0.2, 0.25) is 0 Å². The Morgan fingerprint density at radius 3 is 2.73 bits per heavy atom. The maximum absolute atomic E-state index is 10.00. The zero-order chi connectivity index (χ0) is 10.7. The van der Waals surface area contributed by atoms with E-state index in [0.29, 0.717) is 11.5 Å². The molecule has 0 heterocycles. The molecule has 2 rings (SSSR count). The molecule has 2 heteroatoms. The van der Waals surface area contributed by atoms with Crippen LogP contribution >= 0.6 is 12.6 Å².